The number of rotatable bonds is 4. The molecule has 0 fully saturated rings. The molecule has 26 heavy (non-hydrogen) atoms. The van der Waals surface area contributed by atoms with Crippen LogP contribution >= 0.6 is 0 Å². The van der Waals surface area contributed by atoms with Gasteiger partial charge in [0, 0.05) is 25.1 Å². The summed E-state index contributed by atoms with van der Waals surface area (Å²) in [5, 5.41) is 8.10. The van der Waals surface area contributed by atoms with Crippen molar-refractivity contribution in [3.63, 3.8) is 0 Å². The van der Waals surface area contributed by atoms with Gasteiger partial charge in [0.25, 0.3) is 0 Å². The third kappa shape index (κ3) is 3.57. The zero-order valence-corrected chi connectivity index (χ0v) is 14.5. The van der Waals surface area contributed by atoms with Crippen LogP contribution in [0.5, 0.6) is 0 Å². The summed E-state index contributed by atoms with van der Waals surface area (Å²) in [4.78, 5) is 14.2. The predicted molar refractivity (Wildman–Crippen MR) is 87.5 cm³/mol. The number of hydrogen-bond donors (Lipinski definition) is 1. The van der Waals surface area contributed by atoms with Gasteiger partial charge in [-0.3, -0.25) is 4.79 Å². The summed E-state index contributed by atoms with van der Waals surface area (Å²) >= 11 is 0. The van der Waals surface area contributed by atoms with Crippen LogP contribution in [0.4, 0.5) is 13.2 Å². The van der Waals surface area contributed by atoms with Gasteiger partial charge in [-0.15, -0.1) is 10.2 Å². The van der Waals surface area contributed by atoms with Crippen molar-refractivity contribution in [1.29, 1.82) is 0 Å². The second-order valence-corrected chi connectivity index (χ2v) is 6.68. The molecular weight excluding hydrogens is 347 g/mol. The Morgan fingerprint density at radius 2 is 1.96 bits per heavy atom. The zero-order valence-electron chi connectivity index (χ0n) is 14.5. The number of aryl methyl sites for hydroxylation is 1. The smallest absolute Gasteiger partial charge is 0.224 e. The van der Waals surface area contributed by atoms with Gasteiger partial charge in [-0.05, 0) is 31.9 Å². The topological polar surface area (TPSA) is 77.0 Å². The predicted octanol–water partition coefficient (Wildman–Crippen LogP) is 1.87. The zero-order chi connectivity index (χ0) is 19.0. The average molecular weight is 367 g/mol. The summed E-state index contributed by atoms with van der Waals surface area (Å²) in [5.74, 6) is -1.96. The van der Waals surface area contributed by atoms with E-state index in [9.17, 15) is 18.0 Å². The number of amides is 1. The van der Waals surface area contributed by atoms with Gasteiger partial charge in [0.2, 0.25) is 5.91 Å². The van der Waals surface area contributed by atoms with Crippen LogP contribution in [0.2, 0.25) is 0 Å². The third-order valence-electron chi connectivity index (χ3n) is 4.56. The lowest BCUT2D eigenvalue weighted by Crippen LogP contribution is -2.43. The Bertz CT molecular complexity index is 838. The molecule has 2 atom stereocenters. The number of nitrogens with zero attached hydrogens (tertiary/aromatic N) is 4. The highest BCUT2D eigenvalue weighted by Crippen LogP contribution is 2.22. The first-order valence-electron chi connectivity index (χ1n) is 8.33. The number of hydrogen-bond acceptors (Lipinski definition) is 4. The first kappa shape index (κ1) is 18.4. The van der Waals surface area contributed by atoms with E-state index in [1.54, 1.807) is 4.90 Å². The van der Waals surface area contributed by atoms with Gasteiger partial charge in [0.15, 0.2) is 17.5 Å². The summed E-state index contributed by atoms with van der Waals surface area (Å²) in [6.45, 7) is 4.65. The van der Waals surface area contributed by atoms with Gasteiger partial charge in [-0.25, -0.2) is 13.2 Å². The van der Waals surface area contributed by atoms with E-state index in [1.165, 1.54) is 0 Å². The minimum atomic E-state index is -1.25. The molecule has 9 heteroatoms. The maximum atomic E-state index is 13.7. The van der Waals surface area contributed by atoms with Crippen LogP contribution in [0, 0.1) is 24.4 Å². The van der Waals surface area contributed by atoms with Crippen LogP contribution in [0.1, 0.15) is 36.6 Å². The van der Waals surface area contributed by atoms with Gasteiger partial charge < -0.3 is 15.2 Å². The lowest BCUT2D eigenvalue weighted by Gasteiger charge is -2.33. The minimum absolute atomic E-state index is 0.0295. The molecule has 0 saturated carbocycles. The number of carbonyl (C=O) groups excluding carboxylic acids is 1. The molecule has 0 spiro atoms. The molecule has 1 aromatic heterocycles. The molecule has 2 N–H and O–H groups in total. The number of fused-ring (bicyclic) bond motifs is 1. The second-order valence-electron chi connectivity index (χ2n) is 6.68. The highest BCUT2D eigenvalue weighted by molar-refractivity contribution is 5.77. The minimum Gasteiger partial charge on any atom is -0.333 e. The second kappa shape index (κ2) is 7.06. The van der Waals surface area contributed by atoms with E-state index in [2.05, 4.69) is 10.2 Å². The Kier molecular flexibility index (Phi) is 4.99. The summed E-state index contributed by atoms with van der Waals surface area (Å²) in [6, 6.07) is 0.598. The van der Waals surface area contributed by atoms with Crippen molar-refractivity contribution in [2.24, 2.45) is 5.73 Å². The van der Waals surface area contributed by atoms with Crippen LogP contribution in [0.25, 0.3) is 0 Å². The number of benzene rings is 1. The van der Waals surface area contributed by atoms with Crippen LogP contribution in [-0.2, 0) is 17.8 Å². The normalized spacial score (nSPS) is 17.9. The molecule has 0 bridgehead atoms. The summed E-state index contributed by atoms with van der Waals surface area (Å²) in [7, 11) is 0. The molecule has 1 aliphatic heterocycles. The lowest BCUT2D eigenvalue weighted by molar-refractivity contribution is -0.133. The molecule has 6 nitrogen and oxygen atoms in total. The maximum Gasteiger partial charge on any atom is 0.224 e. The summed E-state index contributed by atoms with van der Waals surface area (Å²) in [6.07, 6.45) is -0.0915. The quantitative estimate of drug-likeness (QED) is 0.837. The Morgan fingerprint density at radius 3 is 2.69 bits per heavy atom. The molecule has 1 aromatic carbocycles. The average Bonchev–Trinajstić information content (AvgIpc) is 2.94. The van der Waals surface area contributed by atoms with Crippen LogP contribution in [-0.4, -0.2) is 38.2 Å². The number of aromatic nitrogens is 3. The number of nitrogens with two attached hydrogens (primary N) is 1. The molecule has 1 unspecified atom stereocenters. The van der Waals surface area contributed by atoms with E-state index in [0.29, 0.717) is 25.0 Å². The largest absolute Gasteiger partial charge is 0.333 e. The Morgan fingerprint density at radius 1 is 1.27 bits per heavy atom. The highest BCUT2D eigenvalue weighted by atomic mass is 19.2. The molecule has 1 amide bonds. The fourth-order valence-corrected chi connectivity index (χ4v) is 3.35. The van der Waals surface area contributed by atoms with Crippen LogP contribution in [0.15, 0.2) is 12.1 Å². The Labute approximate surface area is 148 Å². The maximum absolute atomic E-state index is 13.7. The van der Waals surface area contributed by atoms with E-state index in [0.717, 1.165) is 11.9 Å². The third-order valence-corrected chi connectivity index (χ3v) is 4.56. The fourth-order valence-electron chi connectivity index (χ4n) is 3.35. The Hall–Kier alpha value is -2.42. The molecular formula is C17H20F3N5O. The highest BCUT2D eigenvalue weighted by Gasteiger charge is 2.29. The molecule has 0 saturated heterocycles. The van der Waals surface area contributed by atoms with E-state index in [1.807, 2.05) is 18.4 Å². The van der Waals surface area contributed by atoms with Gasteiger partial charge in [-0.1, -0.05) is 0 Å². The van der Waals surface area contributed by atoms with E-state index in [4.69, 9.17) is 5.73 Å². The fraction of sp³-hybridized carbons (Fsp3) is 0.471. The van der Waals surface area contributed by atoms with Crippen LogP contribution < -0.4 is 5.73 Å². The van der Waals surface area contributed by atoms with Crippen molar-refractivity contribution in [3.05, 3.63) is 46.8 Å². The number of halogens is 3. The van der Waals surface area contributed by atoms with Gasteiger partial charge in [-0.2, -0.15) is 0 Å². The van der Waals surface area contributed by atoms with E-state index >= 15 is 0 Å². The van der Waals surface area contributed by atoms with Crippen molar-refractivity contribution >= 4 is 5.91 Å². The Balaban J connectivity index is 1.64. The van der Waals surface area contributed by atoms with Gasteiger partial charge in [0.05, 0.1) is 12.6 Å². The van der Waals surface area contributed by atoms with Crippen molar-refractivity contribution in [2.75, 3.05) is 6.54 Å². The van der Waals surface area contributed by atoms with Crippen molar-refractivity contribution in [1.82, 2.24) is 19.7 Å². The molecule has 0 aliphatic carbocycles. The van der Waals surface area contributed by atoms with Gasteiger partial charge >= 0.3 is 0 Å². The molecule has 2 heterocycles. The molecule has 3 rings (SSSR count). The van der Waals surface area contributed by atoms with Crippen LogP contribution in [0.3, 0.4) is 0 Å². The number of carbonyl (C=O) groups is 1. The summed E-state index contributed by atoms with van der Waals surface area (Å²) < 4.78 is 42.0. The van der Waals surface area contributed by atoms with Crippen molar-refractivity contribution in [2.45, 2.75) is 45.3 Å². The lowest BCUT2D eigenvalue weighted by atomic mass is 10.0. The van der Waals surface area contributed by atoms with Gasteiger partial charge in [0.1, 0.15) is 11.6 Å². The van der Waals surface area contributed by atoms with E-state index < -0.39 is 23.5 Å². The molecule has 2 aromatic rings. The summed E-state index contributed by atoms with van der Waals surface area (Å²) in [5.41, 5.74) is 5.89. The SMILES string of the molecule is Cc1nnc2n1C(C)CN(C(=O)C[C@H](N)Cc1cc(F)c(F)cc1F)C2. The molecule has 0 radical (unpaired) electrons. The molecule has 1 aliphatic rings. The first-order valence-corrected chi connectivity index (χ1v) is 8.33. The van der Waals surface area contributed by atoms with E-state index in [-0.39, 0.29) is 30.4 Å². The first-order chi connectivity index (χ1) is 12.3. The van der Waals surface area contributed by atoms with Crippen molar-refractivity contribution < 1.29 is 18.0 Å². The monoisotopic (exact) mass is 367 g/mol. The molecule has 140 valence electrons. The van der Waals surface area contributed by atoms with Crippen molar-refractivity contribution in [3.8, 4) is 0 Å². The standard InChI is InChI=1S/C17H20F3N5O/c1-9-7-24(8-16-23-22-10(2)25(9)16)17(26)5-12(21)3-11-4-14(19)15(20)6-13(11)18/h4,6,9,12H,3,5,7-8,21H2,1-2H3/t9?,12-/m1/s1.